The van der Waals surface area contributed by atoms with Gasteiger partial charge in [0.05, 0.1) is 11.3 Å². The third kappa shape index (κ3) is 5.33. The van der Waals surface area contributed by atoms with Crippen LogP contribution in [0.3, 0.4) is 0 Å². The number of amides is 1. The van der Waals surface area contributed by atoms with E-state index in [9.17, 15) is 23.1 Å². The molecule has 0 unspecified atom stereocenters. The quantitative estimate of drug-likeness (QED) is 0.347. The summed E-state index contributed by atoms with van der Waals surface area (Å²) in [6.07, 6.45) is 0.806. The van der Waals surface area contributed by atoms with Gasteiger partial charge in [0.15, 0.2) is 9.84 Å². The van der Waals surface area contributed by atoms with Crippen molar-refractivity contribution in [2.24, 2.45) is 0 Å². The topological polar surface area (TPSA) is 105 Å². The van der Waals surface area contributed by atoms with E-state index in [2.05, 4.69) is 31.3 Å². The smallest absolute Gasteiger partial charge is 0.307 e. The van der Waals surface area contributed by atoms with Crippen LogP contribution in [0.25, 0.3) is 10.9 Å². The largest absolute Gasteiger partial charge is 0.481 e. The van der Waals surface area contributed by atoms with Crippen LogP contribution in [0.2, 0.25) is 0 Å². The second kappa shape index (κ2) is 9.99. The highest BCUT2D eigenvalue weighted by Gasteiger charge is 2.24. The number of carboxylic acids is 1. The Morgan fingerprint density at radius 1 is 0.944 bits per heavy atom. The number of fused-ring (bicyclic) bond motifs is 1. The van der Waals surface area contributed by atoms with Crippen molar-refractivity contribution in [1.82, 2.24) is 4.57 Å². The molecule has 0 atom stereocenters. The van der Waals surface area contributed by atoms with Crippen LogP contribution < -0.4 is 5.32 Å². The summed E-state index contributed by atoms with van der Waals surface area (Å²) in [7, 11) is -3.37. The number of carboxylic acid groups (broad SMARTS) is 1. The number of para-hydroxylation sites is 1. The number of hydrogen-bond acceptors (Lipinski definition) is 4. The average molecular weight is 505 g/mol. The highest BCUT2D eigenvalue weighted by atomic mass is 32.2. The van der Waals surface area contributed by atoms with Crippen LogP contribution in [-0.4, -0.2) is 36.2 Å². The SMILES string of the molecule is CC(C)c1ccc(Cn2c(C(=O)Nc3ccc(S(C)(=O)=O)cc3)c(CC(=O)O)c3ccccc32)cc1. The van der Waals surface area contributed by atoms with Gasteiger partial charge in [0, 0.05) is 35.0 Å². The van der Waals surface area contributed by atoms with Crippen LogP contribution in [0.5, 0.6) is 0 Å². The monoisotopic (exact) mass is 504 g/mol. The number of nitrogens with zero attached hydrogens (tertiary/aromatic N) is 1. The lowest BCUT2D eigenvalue weighted by Gasteiger charge is -2.14. The zero-order chi connectivity index (χ0) is 26.0. The zero-order valence-electron chi connectivity index (χ0n) is 20.4. The summed E-state index contributed by atoms with van der Waals surface area (Å²) in [6.45, 7) is 4.63. The van der Waals surface area contributed by atoms with Crippen LogP contribution in [-0.2, 0) is 27.6 Å². The number of carbonyl (C=O) groups is 2. The molecule has 0 aliphatic carbocycles. The molecule has 36 heavy (non-hydrogen) atoms. The van der Waals surface area contributed by atoms with Gasteiger partial charge in [-0.25, -0.2) is 8.42 Å². The Balaban J connectivity index is 1.79. The highest BCUT2D eigenvalue weighted by molar-refractivity contribution is 7.90. The van der Waals surface area contributed by atoms with Crippen molar-refractivity contribution in [1.29, 1.82) is 0 Å². The number of hydrogen-bond donors (Lipinski definition) is 2. The van der Waals surface area contributed by atoms with E-state index in [0.29, 0.717) is 29.1 Å². The number of aliphatic carboxylic acids is 1. The van der Waals surface area contributed by atoms with Gasteiger partial charge >= 0.3 is 5.97 Å². The third-order valence-electron chi connectivity index (χ3n) is 6.15. The van der Waals surface area contributed by atoms with E-state index in [4.69, 9.17) is 0 Å². The number of benzene rings is 3. The van der Waals surface area contributed by atoms with E-state index < -0.39 is 21.7 Å². The summed E-state index contributed by atoms with van der Waals surface area (Å²) < 4.78 is 25.4. The fourth-order valence-corrected chi connectivity index (χ4v) is 4.93. The predicted molar refractivity (Wildman–Crippen MR) is 140 cm³/mol. The van der Waals surface area contributed by atoms with Crippen molar-refractivity contribution >= 4 is 38.3 Å². The molecule has 0 bridgehead atoms. The Kier molecular flexibility index (Phi) is 6.99. The van der Waals surface area contributed by atoms with E-state index in [0.717, 1.165) is 17.3 Å². The maximum absolute atomic E-state index is 13.6. The van der Waals surface area contributed by atoms with Crippen molar-refractivity contribution in [2.45, 2.75) is 37.6 Å². The second-order valence-corrected chi connectivity index (χ2v) is 11.2. The average Bonchev–Trinajstić information content (AvgIpc) is 3.12. The van der Waals surface area contributed by atoms with Gasteiger partial charge in [0.1, 0.15) is 5.69 Å². The minimum absolute atomic E-state index is 0.144. The molecule has 0 spiro atoms. The Hall–Kier alpha value is -3.91. The Bertz CT molecular complexity index is 1530. The molecule has 186 valence electrons. The number of sulfone groups is 1. The highest BCUT2D eigenvalue weighted by Crippen LogP contribution is 2.29. The maximum atomic E-state index is 13.6. The zero-order valence-corrected chi connectivity index (χ0v) is 21.2. The van der Waals surface area contributed by atoms with Crippen molar-refractivity contribution in [2.75, 3.05) is 11.6 Å². The van der Waals surface area contributed by atoms with Gasteiger partial charge in [-0.05, 0) is 47.4 Å². The summed E-state index contributed by atoms with van der Waals surface area (Å²) in [6, 6.07) is 21.4. The fourth-order valence-electron chi connectivity index (χ4n) is 4.30. The van der Waals surface area contributed by atoms with E-state index in [1.54, 1.807) is 0 Å². The molecule has 0 fully saturated rings. The molecular formula is C28H28N2O5S. The molecule has 2 N–H and O–H groups in total. The van der Waals surface area contributed by atoms with Gasteiger partial charge in [-0.2, -0.15) is 0 Å². The second-order valence-electron chi connectivity index (χ2n) is 9.15. The molecule has 7 nitrogen and oxygen atoms in total. The summed E-state index contributed by atoms with van der Waals surface area (Å²) in [5, 5.41) is 13.1. The van der Waals surface area contributed by atoms with Crippen LogP contribution in [0, 0.1) is 0 Å². The summed E-state index contributed by atoms with van der Waals surface area (Å²) >= 11 is 0. The lowest BCUT2D eigenvalue weighted by Crippen LogP contribution is -2.20. The minimum Gasteiger partial charge on any atom is -0.481 e. The third-order valence-corrected chi connectivity index (χ3v) is 7.27. The van der Waals surface area contributed by atoms with Crippen LogP contribution >= 0.6 is 0 Å². The Morgan fingerprint density at radius 2 is 1.58 bits per heavy atom. The number of rotatable bonds is 8. The first-order valence-corrected chi connectivity index (χ1v) is 13.5. The van der Waals surface area contributed by atoms with E-state index >= 15 is 0 Å². The predicted octanol–water partition coefficient (Wildman–Crippen LogP) is 5.10. The molecule has 1 amide bonds. The first kappa shape index (κ1) is 25.2. The lowest BCUT2D eigenvalue weighted by molar-refractivity contribution is -0.136. The number of aromatic nitrogens is 1. The van der Waals surface area contributed by atoms with Gasteiger partial charge in [-0.15, -0.1) is 0 Å². The van der Waals surface area contributed by atoms with Crippen LogP contribution in [0.4, 0.5) is 5.69 Å². The molecule has 3 aromatic carbocycles. The van der Waals surface area contributed by atoms with Gasteiger partial charge in [-0.1, -0.05) is 56.3 Å². The Morgan fingerprint density at radius 3 is 2.17 bits per heavy atom. The number of carbonyl (C=O) groups excluding carboxylic acids is 1. The standard InChI is InChI=1S/C28H28N2O5S/c1-18(2)20-10-8-19(9-11-20)17-30-25-7-5-4-6-23(25)24(16-26(31)32)27(30)28(33)29-21-12-14-22(15-13-21)36(3,34)35/h4-15,18H,16-17H2,1-3H3,(H,29,33)(H,31,32). The van der Waals surface area contributed by atoms with Crippen molar-refractivity contribution in [3.63, 3.8) is 0 Å². The van der Waals surface area contributed by atoms with Crippen molar-refractivity contribution in [3.8, 4) is 0 Å². The molecule has 1 aromatic heterocycles. The molecule has 8 heteroatoms. The molecule has 0 saturated heterocycles. The van der Waals surface area contributed by atoms with Crippen molar-refractivity contribution in [3.05, 3.63) is 95.2 Å². The van der Waals surface area contributed by atoms with Gasteiger partial charge in [0.25, 0.3) is 5.91 Å². The van der Waals surface area contributed by atoms with E-state index in [1.807, 2.05) is 41.0 Å². The summed E-state index contributed by atoms with van der Waals surface area (Å²) in [5.74, 6) is -1.11. The van der Waals surface area contributed by atoms with E-state index in [1.165, 1.54) is 29.8 Å². The number of anilines is 1. The lowest BCUT2D eigenvalue weighted by atomic mass is 10.0. The van der Waals surface area contributed by atoms with Gasteiger partial charge < -0.3 is 15.0 Å². The number of nitrogens with one attached hydrogen (secondary N) is 1. The van der Waals surface area contributed by atoms with E-state index in [-0.39, 0.29) is 17.0 Å². The molecule has 0 radical (unpaired) electrons. The maximum Gasteiger partial charge on any atom is 0.307 e. The normalized spacial score (nSPS) is 11.7. The molecule has 0 saturated carbocycles. The first-order valence-electron chi connectivity index (χ1n) is 11.6. The van der Waals surface area contributed by atoms with Crippen molar-refractivity contribution < 1.29 is 23.1 Å². The molecule has 4 rings (SSSR count). The summed E-state index contributed by atoms with van der Waals surface area (Å²) in [5.41, 5.74) is 4.05. The van der Waals surface area contributed by atoms with Crippen LogP contribution in [0.15, 0.2) is 77.7 Å². The van der Waals surface area contributed by atoms with Gasteiger partial charge in [-0.3, -0.25) is 9.59 Å². The first-order chi connectivity index (χ1) is 17.0. The molecular weight excluding hydrogens is 476 g/mol. The molecule has 4 aromatic rings. The molecule has 0 aliphatic rings. The molecule has 0 aliphatic heterocycles. The van der Waals surface area contributed by atoms with Gasteiger partial charge in [0.2, 0.25) is 0 Å². The fraction of sp³-hybridized carbons (Fsp3) is 0.214. The minimum atomic E-state index is -3.37. The molecule has 1 heterocycles. The summed E-state index contributed by atoms with van der Waals surface area (Å²) in [4.78, 5) is 25.5. The van der Waals surface area contributed by atoms with Crippen LogP contribution in [0.1, 0.15) is 46.9 Å². The Labute approximate surface area is 210 Å².